The van der Waals surface area contributed by atoms with E-state index >= 15 is 0 Å². The molecule has 0 aliphatic heterocycles. The van der Waals surface area contributed by atoms with E-state index in [-0.39, 0.29) is 0 Å². The van der Waals surface area contributed by atoms with Crippen LogP contribution in [0.3, 0.4) is 0 Å². The molecule has 2 rings (SSSR count). The minimum absolute atomic E-state index is 0.333. The van der Waals surface area contributed by atoms with Gasteiger partial charge in [0, 0.05) is 5.69 Å². The van der Waals surface area contributed by atoms with Crippen LogP contribution in [-0.2, 0) is 11.2 Å². The summed E-state index contributed by atoms with van der Waals surface area (Å²) in [6, 6.07) is 11.8. The van der Waals surface area contributed by atoms with Crippen molar-refractivity contribution in [2.45, 2.75) is 20.3 Å². The van der Waals surface area contributed by atoms with Gasteiger partial charge in [0.1, 0.15) is 5.82 Å². The van der Waals surface area contributed by atoms with Crippen molar-refractivity contribution in [3.05, 3.63) is 48.2 Å². The molecule has 110 valence electrons. The third-order valence-electron chi connectivity index (χ3n) is 2.92. The van der Waals surface area contributed by atoms with Crippen LogP contribution in [0, 0.1) is 0 Å². The smallest absolute Gasteiger partial charge is 0.412 e. The molecule has 1 amide bonds. The zero-order valence-corrected chi connectivity index (χ0v) is 12.2. The predicted molar refractivity (Wildman–Crippen MR) is 84.0 cm³/mol. The molecule has 0 saturated carbocycles. The van der Waals surface area contributed by atoms with E-state index in [1.54, 1.807) is 19.2 Å². The van der Waals surface area contributed by atoms with Crippen molar-refractivity contribution in [1.29, 1.82) is 0 Å². The molecule has 2 aromatic rings. The average molecular weight is 285 g/mol. The largest absolute Gasteiger partial charge is 0.450 e. The normalized spacial score (nSPS) is 10.0. The van der Waals surface area contributed by atoms with E-state index in [1.807, 2.05) is 18.2 Å². The minimum atomic E-state index is -0.499. The summed E-state index contributed by atoms with van der Waals surface area (Å²) in [6.07, 6.45) is 2.19. The van der Waals surface area contributed by atoms with E-state index in [0.29, 0.717) is 12.4 Å². The highest BCUT2D eigenvalue weighted by Gasteiger charge is 2.03. The third kappa shape index (κ3) is 4.49. The molecule has 1 aromatic carbocycles. The molecule has 0 spiro atoms. The van der Waals surface area contributed by atoms with Gasteiger partial charge in [-0.1, -0.05) is 19.1 Å². The van der Waals surface area contributed by atoms with E-state index < -0.39 is 6.09 Å². The summed E-state index contributed by atoms with van der Waals surface area (Å²) in [6.45, 7) is 4.21. The number of aryl methyl sites for hydroxylation is 1. The van der Waals surface area contributed by atoms with Crippen LogP contribution in [0.25, 0.3) is 0 Å². The summed E-state index contributed by atoms with van der Waals surface area (Å²) < 4.78 is 4.79. The number of nitrogens with one attached hydrogen (secondary N) is 2. The number of pyridine rings is 1. The molecule has 21 heavy (non-hydrogen) atoms. The van der Waals surface area contributed by atoms with Crippen molar-refractivity contribution in [3.8, 4) is 0 Å². The van der Waals surface area contributed by atoms with E-state index in [0.717, 1.165) is 17.8 Å². The molecule has 0 bridgehead atoms. The Labute approximate surface area is 124 Å². The SMILES string of the molecule is CCOC(=O)Nc1ccc(Nc2ccc(CC)cc2)cn1. The molecule has 0 radical (unpaired) electrons. The lowest BCUT2D eigenvalue weighted by Gasteiger charge is -2.08. The number of rotatable bonds is 5. The Morgan fingerprint density at radius 3 is 2.38 bits per heavy atom. The Hall–Kier alpha value is -2.56. The molecule has 0 atom stereocenters. The van der Waals surface area contributed by atoms with E-state index in [4.69, 9.17) is 4.74 Å². The number of carbonyl (C=O) groups is 1. The highest BCUT2D eigenvalue weighted by atomic mass is 16.5. The van der Waals surface area contributed by atoms with Crippen molar-refractivity contribution >= 4 is 23.3 Å². The van der Waals surface area contributed by atoms with Gasteiger partial charge in [-0.3, -0.25) is 5.32 Å². The highest BCUT2D eigenvalue weighted by Crippen LogP contribution is 2.17. The number of hydrogen-bond acceptors (Lipinski definition) is 4. The Morgan fingerprint density at radius 1 is 1.10 bits per heavy atom. The van der Waals surface area contributed by atoms with Gasteiger partial charge in [-0.2, -0.15) is 0 Å². The molecular weight excluding hydrogens is 266 g/mol. The number of nitrogens with zero attached hydrogens (tertiary/aromatic N) is 1. The van der Waals surface area contributed by atoms with Gasteiger partial charge in [0.25, 0.3) is 0 Å². The summed E-state index contributed by atoms with van der Waals surface area (Å²) in [5.74, 6) is 0.459. The maximum atomic E-state index is 11.3. The van der Waals surface area contributed by atoms with Crippen LogP contribution in [-0.4, -0.2) is 17.7 Å². The van der Waals surface area contributed by atoms with Crippen molar-refractivity contribution in [2.75, 3.05) is 17.2 Å². The van der Waals surface area contributed by atoms with Gasteiger partial charge in [-0.15, -0.1) is 0 Å². The van der Waals surface area contributed by atoms with Gasteiger partial charge in [-0.05, 0) is 43.2 Å². The molecule has 0 saturated heterocycles. The first kappa shape index (κ1) is 14.8. The maximum absolute atomic E-state index is 11.3. The van der Waals surface area contributed by atoms with Gasteiger partial charge in [0.15, 0.2) is 0 Å². The summed E-state index contributed by atoms with van der Waals surface area (Å²) >= 11 is 0. The van der Waals surface area contributed by atoms with Gasteiger partial charge >= 0.3 is 6.09 Å². The lowest BCUT2D eigenvalue weighted by atomic mass is 10.1. The second kappa shape index (κ2) is 7.28. The Morgan fingerprint density at radius 2 is 1.81 bits per heavy atom. The topological polar surface area (TPSA) is 63.2 Å². The monoisotopic (exact) mass is 285 g/mol. The lowest BCUT2D eigenvalue weighted by molar-refractivity contribution is 0.168. The Balaban J connectivity index is 1.96. The number of ether oxygens (including phenoxy) is 1. The molecule has 5 heteroatoms. The molecule has 0 unspecified atom stereocenters. The molecule has 2 N–H and O–H groups in total. The Bertz CT molecular complexity index is 579. The third-order valence-corrected chi connectivity index (χ3v) is 2.92. The van der Waals surface area contributed by atoms with Crippen molar-refractivity contribution in [1.82, 2.24) is 4.98 Å². The molecule has 1 heterocycles. The molecular formula is C16H19N3O2. The van der Waals surface area contributed by atoms with Crippen LogP contribution < -0.4 is 10.6 Å². The van der Waals surface area contributed by atoms with Crippen LogP contribution >= 0.6 is 0 Å². The van der Waals surface area contributed by atoms with Gasteiger partial charge in [0.2, 0.25) is 0 Å². The molecule has 5 nitrogen and oxygen atoms in total. The standard InChI is InChI=1S/C16H19N3O2/c1-3-12-5-7-13(8-6-12)18-14-9-10-15(17-11-14)19-16(20)21-4-2/h5-11,18H,3-4H2,1-2H3,(H,17,19,20). The van der Waals surface area contributed by atoms with Crippen molar-refractivity contribution in [2.24, 2.45) is 0 Å². The van der Waals surface area contributed by atoms with E-state index in [2.05, 4.69) is 34.7 Å². The van der Waals surface area contributed by atoms with Crippen LogP contribution in [0.2, 0.25) is 0 Å². The fourth-order valence-corrected chi connectivity index (χ4v) is 1.80. The van der Waals surface area contributed by atoms with E-state index in [1.165, 1.54) is 5.56 Å². The first-order valence-corrected chi connectivity index (χ1v) is 6.97. The summed E-state index contributed by atoms with van der Waals surface area (Å²) in [5, 5.41) is 5.80. The zero-order valence-electron chi connectivity index (χ0n) is 12.2. The number of anilines is 3. The number of benzene rings is 1. The number of hydrogen-bond donors (Lipinski definition) is 2. The van der Waals surface area contributed by atoms with Gasteiger partial charge < -0.3 is 10.1 Å². The quantitative estimate of drug-likeness (QED) is 0.873. The summed E-state index contributed by atoms with van der Waals surface area (Å²) in [5.41, 5.74) is 3.15. The first-order chi connectivity index (χ1) is 10.2. The second-order valence-electron chi connectivity index (χ2n) is 4.45. The number of amides is 1. The summed E-state index contributed by atoms with van der Waals surface area (Å²) in [7, 11) is 0. The second-order valence-corrected chi connectivity index (χ2v) is 4.45. The predicted octanol–water partition coefficient (Wildman–Crippen LogP) is 3.96. The zero-order chi connectivity index (χ0) is 15.1. The van der Waals surface area contributed by atoms with Crippen LogP contribution in [0.1, 0.15) is 19.4 Å². The van der Waals surface area contributed by atoms with Crippen LogP contribution in [0.5, 0.6) is 0 Å². The van der Waals surface area contributed by atoms with Crippen LogP contribution in [0.15, 0.2) is 42.6 Å². The van der Waals surface area contributed by atoms with Crippen molar-refractivity contribution < 1.29 is 9.53 Å². The highest BCUT2D eigenvalue weighted by molar-refractivity contribution is 5.83. The van der Waals surface area contributed by atoms with Crippen molar-refractivity contribution in [3.63, 3.8) is 0 Å². The molecule has 1 aromatic heterocycles. The molecule has 0 aliphatic carbocycles. The maximum Gasteiger partial charge on any atom is 0.412 e. The minimum Gasteiger partial charge on any atom is -0.450 e. The fourth-order valence-electron chi connectivity index (χ4n) is 1.80. The van der Waals surface area contributed by atoms with Gasteiger partial charge in [0.05, 0.1) is 18.5 Å². The Kier molecular flexibility index (Phi) is 5.15. The summed E-state index contributed by atoms with van der Waals surface area (Å²) in [4.78, 5) is 15.4. The molecule has 0 fully saturated rings. The van der Waals surface area contributed by atoms with Gasteiger partial charge in [-0.25, -0.2) is 9.78 Å². The average Bonchev–Trinajstić information content (AvgIpc) is 2.50. The first-order valence-electron chi connectivity index (χ1n) is 6.97. The lowest BCUT2D eigenvalue weighted by Crippen LogP contribution is -2.14. The number of aromatic nitrogens is 1. The number of carbonyl (C=O) groups excluding carboxylic acids is 1. The van der Waals surface area contributed by atoms with Crippen LogP contribution in [0.4, 0.5) is 22.0 Å². The van der Waals surface area contributed by atoms with E-state index in [9.17, 15) is 4.79 Å². The molecule has 0 aliphatic rings. The fraction of sp³-hybridized carbons (Fsp3) is 0.250.